The summed E-state index contributed by atoms with van der Waals surface area (Å²) in [4.78, 5) is 0.632. The lowest BCUT2D eigenvalue weighted by molar-refractivity contribution is 0.336. The first-order valence-electron chi connectivity index (χ1n) is 6.12. The van der Waals surface area contributed by atoms with Gasteiger partial charge in [-0.25, -0.2) is 0 Å². The molecule has 0 aromatic heterocycles. The number of benzene rings is 1. The Morgan fingerprint density at radius 1 is 1.19 bits per heavy atom. The molecule has 1 atom stereocenters. The van der Waals surface area contributed by atoms with Gasteiger partial charge < -0.3 is 4.74 Å². The fourth-order valence-electron chi connectivity index (χ4n) is 1.78. The fraction of sp³-hybridized carbons (Fsp3) is 0.571. The Morgan fingerprint density at radius 2 is 1.94 bits per heavy atom. The highest BCUT2D eigenvalue weighted by Gasteiger charge is 2.06. The van der Waals surface area contributed by atoms with Crippen LogP contribution in [-0.4, -0.2) is 11.4 Å². The van der Waals surface area contributed by atoms with Crippen molar-refractivity contribution in [3.8, 4) is 5.75 Å². The Balaban J connectivity index is 2.52. The van der Waals surface area contributed by atoms with Crippen LogP contribution in [-0.2, 0) is 6.42 Å². The maximum Gasteiger partial charge on any atom is 0.122 e. The van der Waals surface area contributed by atoms with Crippen molar-refractivity contribution in [2.75, 3.05) is 6.61 Å². The van der Waals surface area contributed by atoms with Gasteiger partial charge in [0.25, 0.3) is 0 Å². The maximum atomic E-state index is 5.61. The molecule has 0 saturated carbocycles. The van der Waals surface area contributed by atoms with Crippen LogP contribution < -0.4 is 4.74 Å². The summed E-state index contributed by atoms with van der Waals surface area (Å²) in [7, 11) is 0. The molecule has 0 saturated heterocycles. The van der Waals surface area contributed by atoms with Gasteiger partial charge in [0.05, 0.1) is 6.61 Å². The molecule has 0 aliphatic carbocycles. The number of hydrogen-bond donors (Lipinski definition) is 0. The molecule has 0 heterocycles. The molecule has 0 bridgehead atoms. The van der Waals surface area contributed by atoms with Gasteiger partial charge in [0.1, 0.15) is 5.75 Å². The number of rotatable bonds is 7. The van der Waals surface area contributed by atoms with Gasteiger partial charge in [-0.2, -0.15) is 0 Å². The molecule has 0 radical (unpaired) electrons. The lowest BCUT2D eigenvalue weighted by Gasteiger charge is -2.12. The van der Waals surface area contributed by atoms with Crippen molar-refractivity contribution in [3.63, 3.8) is 0 Å². The lowest BCUT2D eigenvalue weighted by Crippen LogP contribution is -2.02. The van der Waals surface area contributed by atoms with Gasteiger partial charge in [-0.05, 0) is 37.8 Å². The first-order chi connectivity index (χ1) is 7.77. The quantitative estimate of drug-likeness (QED) is 0.666. The summed E-state index contributed by atoms with van der Waals surface area (Å²) >= 11 is 3.72. The van der Waals surface area contributed by atoms with E-state index in [4.69, 9.17) is 4.74 Å². The molecule has 1 nitrogen and oxygen atoms in total. The Labute approximate surface area is 107 Å². The molecular formula is C14H21BrO. The first kappa shape index (κ1) is 13.6. The van der Waals surface area contributed by atoms with Crippen LogP contribution in [0.1, 0.15) is 38.7 Å². The summed E-state index contributed by atoms with van der Waals surface area (Å²) in [5.41, 5.74) is 1.32. The zero-order valence-corrected chi connectivity index (χ0v) is 11.8. The van der Waals surface area contributed by atoms with Gasteiger partial charge in [-0.15, -0.1) is 0 Å². The second kappa shape index (κ2) is 7.72. The summed E-state index contributed by atoms with van der Waals surface area (Å²) in [6, 6.07) is 8.34. The maximum absolute atomic E-state index is 5.61. The zero-order chi connectivity index (χ0) is 11.8. The summed E-state index contributed by atoms with van der Waals surface area (Å²) in [5, 5.41) is 0. The first-order valence-corrected chi connectivity index (χ1v) is 7.04. The van der Waals surface area contributed by atoms with E-state index in [1.54, 1.807) is 0 Å². The number of aryl methyl sites for hydroxylation is 1. The molecule has 16 heavy (non-hydrogen) atoms. The number of alkyl halides is 1. The predicted molar refractivity (Wildman–Crippen MR) is 73.6 cm³/mol. The standard InChI is InChI=1S/C14H21BrO/c1-3-7-13(15)11-10-12-8-5-6-9-14(12)16-4-2/h5-6,8-9,13H,3-4,7,10-11H2,1-2H3. The van der Waals surface area contributed by atoms with Crippen molar-refractivity contribution >= 4 is 15.9 Å². The van der Waals surface area contributed by atoms with Crippen LogP contribution in [0.3, 0.4) is 0 Å². The molecule has 2 heteroatoms. The Hall–Kier alpha value is -0.500. The molecule has 0 fully saturated rings. The van der Waals surface area contributed by atoms with Gasteiger partial charge in [0.15, 0.2) is 0 Å². The molecule has 1 unspecified atom stereocenters. The van der Waals surface area contributed by atoms with Crippen molar-refractivity contribution in [1.82, 2.24) is 0 Å². The molecule has 0 amide bonds. The Bertz CT molecular complexity index is 299. The van der Waals surface area contributed by atoms with Crippen LogP contribution in [0, 0.1) is 0 Å². The summed E-state index contributed by atoms with van der Waals surface area (Å²) in [6.07, 6.45) is 4.75. The van der Waals surface area contributed by atoms with Crippen LogP contribution >= 0.6 is 15.9 Å². The van der Waals surface area contributed by atoms with Gasteiger partial charge in [0.2, 0.25) is 0 Å². The summed E-state index contributed by atoms with van der Waals surface area (Å²) in [5.74, 6) is 1.04. The average Bonchev–Trinajstić information content (AvgIpc) is 2.29. The van der Waals surface area contributed by atoms with E-state index < -0.39 is 0 Å². The number of para-hydroxylation sites is 1. The van der Waals surface area contributed by atoms with E-state index in [2.05, 4.69) is 41.1 Å². The fourth-order valence-corrected chi connectivity index (χ4v) is 2.46. The van der Waals surface area contributed by atoms with Gasteiger partial charge >= 0.3 is 0 Å². The van der Waals surface area contributed by atoms with Crippen LogP contribution in [0.2, 0.25) is 0 Å². The monoisotopic (exact) mass is 284 g/mol. The topological polar surface area (TPSA) is 9.23 Å². The van der Waals surface area contributed by atoms with Crippen LogP contribution in [0.15, 0.2) is 24.3 Å². The smallest absolute Gasteiger partial charge is 0.122 e. The van der Waals surface area contributed by atoms with Gasteiger partial charge in [0, 0.05) is 4.83 Å². The van der Waals surface area contributed by atoms with E-state index in [-0.39, 0.29) is 0 Å². The minimum atomic E-state index is 0.632. The van der Waals surface area contributed by atoms with Crippen molar-refractivity contribution in [3.05, 3.63) is 29.8 Å². The minimum absolute atomic E-state index is 0.632. The molecule has 0 aliphatic heterocycles. The average molecular weight is 285 g/mol. The molecule has 0 spiro atoms. The largest absolute Gasteiger partial charge is 0.494 e. The van der Waals surface area contributed by atoms with E-state index >= 15 is 0 Å². The highest BCUT2D eigenvalue weighted by Crippen LogP contribution is 2.22. The molecule has 0 N–H and O–H groups in total. The number of ether oxygens (including phenoxy) is 1. The molecular weight excluding hydrogens is 264 g/mol. The van der Waals surface area contributed by atoms with Crippen molar-refractivity contribution in [2.45, 2.75) is 44.4 Å². The second-order valence-corrected chi connectivity index (χ2v) is 5.26. The predicted octanol–water partition coefficient (Wildman–Crippen LogP) is 4.58. The molecule has 1 aromatic rings. The zero-order valence-electron chi connectivity index (χ0n) is 10.2. The van der Waals surface area contributed by atoms with E-state index in [1.165, 1.54) is 24.8 Å². The van der Waals surface area contributed by atoms with Crippen molar-refractivity contribution in [2.24, 2.45) is 0 Å². The second-order valence-electron chi connectivity index (χ2n) is 3.97. The van der Waals surface area contributed by atoms with E-state index in [9.17, 15) is 0 Å². The van der Waals surface area contributed by atoms with Crippen molar-refractivity contribution in [1.29, 1.82) is 0 Å². The normalized spacial score (nSPS) is 12.4. The van der Waals surface area contributed by atoms with Crippen molar-refractivity contribution < 1.29 is 4.74 Å². The molecule has 0 aliphatic rings. The molecule has 1 aromatic carbocycles. The third-order valence-corrected chi connectivity index (χ3v) is 3.52. The van der Waals surface area contributed by atoms with Gasteiger partial charge in [-0.1, -0.05) is 47.5 Å². The SMILES string of the molecule is CCCC(Br)CCc1ccccc1OCC. The summed E-state index contributed by atoms with van der Waals surface area (Å²) in [6.45, 7) is 4.99. The van der Waals surface area contributed by atoms with E-state index in [0.29, 0.717) is 4.83 Å². The van der Waals surface area contributed by atoms with Crippen LogP contribution in [0.25, 0.3) is 0 Å². The third kappa shape index (κ3) is 4.56. The van der Waals surface area contributed by atoms with Gasteiger partial charge in [-0.3, -0.25) is 0 Å². The Morgan fingerprint density at radius 3 is 2.62 bits per heavy atom. The highest BCUT2D eigenvalue weighted by atomic mass is 79.9. The van der Waals surface area contributed by atoms with Crippen LogP contribution in [0.4, 0.5) is 0 Å². The van der Waals surface area contributed by atoms with E-state index in [1.807, 2.05) is 13.0 Å². The Kier molecular flexibility index (Phi) is 6.55. The highest BCUT2D eigenvalue weighted by molar-refractivity contribution is 9.09. The lowest BCUT2D eigenvalue weighted by atomic mass is 10.1. The molecule has 90 valence electrons. The molecule has 1 rings (SSSR count). The third-order valence-electron chi connectivity index (χ3n) is 2.60. The van der Waals surface area contributed by atoms with Crippen LogP contribution in [0.5, 0.6) is 5.75 Å². The number of hydrogen-bond acceptors (Lipinski definition) is 1. The van der Waals surface area contributed by atoms with E-state index in [0.717, 1.165) is 18.8 Å². The number of halogens is 1. The minimum Gasteiger partial charge on any atom is -0.494 e. The summed E-state index contributed by atoms with van der Waals surface area (Å²) < 4.78 is 5.61.